The average molecular weight is 341 g/mol. The van der Waals surface area contributed by atoms with Gasteiger partial charge >= 0.3 is 0 Å². The van der Waals surface area contributed by atoms with Crippen LogP contribution in [0.3, 0.4) is 0 Å². The Balaban J connectivity index is 1.75. The first-order chi connectivity index (χ1) is 10.5. The van der Waals surface area contributed by atoms with Gasteiger partial charge in [0.05, 0.1) is 6.54 Å². The molecule has 2 rings (SSSR count). The summed E-state index contributed by atoms with van der Waals surface area (Å²) >= 11 is 11.7. The lowest BCUT2D eigenvalue weighted by atomic mass is 10.1. The van der Waals surface area contributed by atoms with E-state index < -0.39 is 0 Å². The molecule has 0 aliphatic heterocycles. The SMILES string of the molecule is O=C(CNCCc1ccccc1F)Nc1cc(Cl)cc(Cl)c1. The Morgan fingerprint density at radius 3 is 2.45 bits per heavy atom. The third-order valence-corrected chi connectivity index (χ3v) is 3.40. The molecule has 3 nitrogen and oxygen atoms in total. The van der Waals surface area contributed by atoms with E-state index in [1.165, 1.54) is 6.07 Å². The smallest absolute Gasteiger partial charge is 0.238 e. The highest BCUT2D eigenvalue weighted by atomic mass is 35.5. The molecular weight excluding hydrogens is 326 g/mol. The molecule has 6 heteroatoms. The number of rotatable bonds is 6. The van der Waals surface area contributed by atoms with Crippen LogP contribution in [0.4, 0.5) is 10.1 Å². The van der Waals surface area contributed by atoms with E-state index in [-0.39, 0.29) is 18.3 Å². The summed E-state index contributed by atoms with van der Waals surface area (Å²) in [6.07, 6.45) is 0.517. The summed E-state index contributed by atoms with van der Waals surface area (Å²) in [4.78, 5) is 11.8. The van der Waals surface area contributed by atoms with Crippen molar-refractivity contribution in [3.8, 4) is 0 Å². The highest BCUT2D eigenvalue weighted by Gasteiger charge is 2.05. The number of carbonyl (C=O) groups is 1. The first kappa shape index (κ1) is 16.7. The van der Waals surface area contributed by atoms with Crippen LogP contribution in [0.5, 0.6) is 0 Å². The van der Waals surface area contributed by atoms with Gasteiger partial charge in [0.1, 0.15) is 5.82 Å². The minimum atomic E-state index is -0.234. The molecule has 0 saturated carbocycles. The average Bonchev–Trinajstić information content (AvgIpc) is 2.44. The Hall–Kier alpha value is -1.62. The fourth-order valence-electron chi connectivity index (χ4n) is 1.96. The number of nitrogens with one attached hydrogen (secondary N) is 2. The molecule has 0 aliphatic rings. The number of halogens is 3. The molecule has 1 amide bonds. The van der Waals surface area contributed by atoms with Crippen LogP contribution in [-0.4, -0.2) is 19.0 Å². The van der Waals surface area contributed by atoms with Gasteiger partial charge in [0.2, 0.25) is 5.91 Å². The van der Waals surface area contributed by atoms with Gasteiger partial charge in [-0.3, -0.25) is 4.79 Å². The van der Waals surface area contributed by atoms with Crippen LogP contribution in [0.2, 0.25) is 10.0 Å². The van der Waals surface area contributed by atoms with E-state index in [2.05, 4.69) is 10.6 Å². The zero-order valence-corrected chi connectivity index (χ0v) is 13.2. The summed E-state index contributed by atoms with van der Waals surface area (Å²) in [7, 11) is 0. The molecule has 0 fully saturated rings. The van der Waals surface area contributed by atoms with E-state index in [1.807, 2.05) is 0 Å². The minimum Gasteiger partial charge on any atom is -0.325 e. The fourth-order valence-corrected chi connectivity index (χ4v) is 2.48. The zero-order valence-electron chi connectivity index (χ0n) is 11.7. The molecule has 22 heavy (non-hydrogen) atoms. The Morgan fingerprint density at radius 2 is 1.77 bits per heavy atom. The molecule has 116 valence electrons. The second kappa shape index (κ2) is 8.13. The Morgan fingerprint density at radius 1 is 1.09 bits per heavy atom. The molecule has 0 bridgehead atoms. The molecule has 0 atom stereocenters. The Labute approximate surface area is 138 Å². The van der Waals surface area contributed by atoms with Crippen LogP contribution in [0, 0.1) is 5.82 Å². The first-order valence-electron chi connectivity index (χ1n) is 6.74. The largest absolute Gasteiger partial charge is 0.325 e. The third kappa shape index (κ3) is 5.30. The van der Waals surface area contributed by atoms with Crippen molar-refractivity contribution in [3.63, 3.8) is 0 Å². The summed E-state index contributed by atoms with van der Waals surface area (Å²) in [6, 6.07) is 11.4. The van der Waals surface area contributed by atoms with E-state index in [0.717, 1.165) is 0 Å². The first-order valence-corrected chi connectivity index (χ1v) is 7.50. The van der Waals surface area contributed by atoms with E-state index in [0.29, 0.717) is 34.3 Å². The predicted octanol–water partition coefficient (Wildman–Crippen LogP) is 3.90. The maximum atomic E-state index is 13.4. The Bertz CT molecular complexity index is 644. The van der Waals surface area contributed by atoms with E-state index >= 15 is 0 Å². The number of hydrogen-bond donors (Lipinski definition) is 2. The van der Waals surface area contributed by atoms with Gasteiger partial charge in [0, 0.05) is 15.7 Å². The summed E-state index contributed by atoms with van der Waals surface area (Å²) in [5.41, 5.74) is 1.16. The summed E-state index contributed by atoms with van der Waals surface area (Å²) in [5.74, 6) is -0.450. The van der Waals surface area contributed by atoms with Crippen molar-refractivity contribution >= 4 is 34.8 Å². The van der Waals surface area contributed by atoms with Gasteiger partial charge in [-0.1, -0.05) is 41.4 Å². The van der Waals surface area contributed by atoms with Gasteiger partial charge in [-0.25, -0.2) is 4.39 Å². The fraction of sp³-hybridized carbons (Fsp3) is 0.188. The molecule has 0 saturated heterocycles. The van der Waals surface area contributed by atoms with Gasteiger partial charge in [0.25, 0.3) is 0 Å². The molecule has 0 spiro atoms. The van der Waals surface area contributed by atoms with Crippen molar-refractivity contribution in [2.75, 3.05) is 18.4 Å². The highest BCUT2D eigenvalue weighted by molar-refractivity contribution is 6.35. The molecule has 2 N–H and O–H groups in total. The predicted molar refractivity (Wildman–Crippen MR) is 88.1 cm³/mol. The van der Waals surface area contributed by atoms with Crippen molar-refractivity contribution in [2.24, 2.45) is 0 Å². The normalized spacial score (nSPS) is 10.5. The molecule has 0 aromatic heterocycles. The van der Waals surface area contributed by atoms with Crippen LogP contribution in [0.25, 0.3) is 0 Å². The number of benzene rings is 2. The van der Waals surface area contributed by atoms with Gasteiger partial charge in [0.15, 0.2) is 0 Å². The number of carbonyl (C=O) groups excluding carboxylic acids is 1. The maximum absolute atomic E-state index is 13.4. The summed E-state index contributed by atoms with van der Waals surface area (Å²) in [5, 5.41) is 6.56. The number of hydrogen-bond acceptors (Lipinski definition) is 2. The van der Waals surface area contributed by atoms with Crippen molar-refractivity contribution in [1.82, 2.24) is 5.32 Å². The van der Waals surface area contributed by atoms with Gasteiger partial charge in [-0.15, -0.1) is 0 Å². The van der Waals surface area contributed by atoms with Gasteiger partial charge in [-0.2, -0.15) is 0 Å². The maximum Gasteiger partial charge on any atom is 0.238 e. The van der Waals surface area contributed by atoms with Crippen LogP contribution in [0.15, 0.2) is 42.5 Å². The zero-order chi connectivity index (χ0) is 15.9. The second-order valence-electron chi connectivity index (χ2n) is 4.72. The number of anilines is 1. The quantitative estimate of drug-likeness (QED) is 0.783. The number of amides is 1. The third-order valence-electron chi connectivity index (χ3n) is 2.96. The van der Waals surface area contributed by atoms with Crippen LogP contribution < -0.4 is 10.6 Å². The molecule has 0 heterocycles. The summed E-state index contributed by atoms with van der Waals surface area (Å²) in [6.45, 7) is 0.628. The monoisotopic (exact) mass is 340 g/mol. The molecule has 0 unspecified atom stereocenters. The lowest BCUT2D eigenvalue weighted by Gasteiger charge is -2.08. The van der Waals surface area contributed by atoms with Gasteiger partial charge < -0.3 is 10.6 Å². The molecular formula is C16H15Cl2FN2O. The molecule has 2 aromatic rings. The van der Waals surface area contributed by atoms with Crippen LogP contribution in [0.1, 0.15) is 5.56 Å². The Kier molecular flexibility index (Phi) is 6.19. The molecule has 0 aliphatic carbocycles. The highest BCUT2D eigenvalue weighted by Crippen LogP contribution is 2.22. The van der Waals surface area contributed by atoms with Crippen molar-refractivity contribution < 1.29 is 9.18 Å². The van der Waals surface area contributed by atoms with Crippen molar-refractivity contribution in [3.05, 3.63) is 63.9 Å². The second-order valence-corrected chi connectivity index (χ2v) is 5.60. The lowest BCUT2D eigenvalue weighted by Crippen LogP contribution is -2.29. The molecule has 2 aromatic carbocycles. The lowest BCUT2D eigenvalue weighted by molar-refractivity contribution is -0.115. The van der Waals surface area contributed by atoms with E-state index in [9.17, 15) is 9.18 Å². The van der Waals surface area contributed by atoms with E-state index in [1.54, 1.807) is 36.4 Å². The summed E-state index contributed by atoms with van der Waals surface area (Å²) < 4.78 is 13.4. The van der Waals surface area contributed by atoms with Gasteiger partial charge in [-0.05, 0) is 42.8 Å². The minimum absolute atomic E-state index is 0.124. The molecule has 0 radical (unpaired) electrons. The van der Waals surface area contributed by atoms with Crippen molar-refractivity contribution in [1.29, 1.82) is 0 Å². The standard InChI is InChI=1S/C16H15Cl2FN2O/c17-12-7-13(18)9-14(8-12)21-16(22)10-20-6-5-11-3-1-2-4-15(11)19/h1-4,7-9,20H,5-6,10H2,(H,21,22). The van der Waals surface area contributed by atoms with Crippen LogP contribution in [-0.2, 0) is 11.2 Å². The van der Waals surface area contributed by atoms with E-state index in [4.69, 9.17) is 23.2 Å². The van der Waals surface area contributed by atoms with Crippen LogP contribution >= 0.6 is 23.2 Å². The van der Waals surface area contributed by atoms with Crippen molar-refractivity contribution in [2.45, 2.75) is 6.42 Å². The topological polar surface area (TPSA) is 41.1 Å².